The highest BCUT2D eigenvalue weighted by Crippen LogP contribution is 2.44. The second kappa shape index (κ2) is 4.17. The van der Waals surface area contributed by atoms with Crippen LogP contribution in [-0.4, -0.2) is 24.4 Å². The number of anilines is 1. The van der Waals surface area contributed by atoms with E-state index < -0.39 is 10.0 Å². The maximum absolute atomic E-state index is 12.2. The van der Waals surface area contributed by atoms with Gasteiger partial charge < -0.3 is 5.73 Å². The molecule has 1 aromatic heterocycles. The summed E-state index contributed by atoms with van der Waals surface area (Å²) < 4.78 is 27.2. The molecule has 6 nitrogen and oxygen atoms in total. The normalized spacial score (nSPS) is 20.3. The maximum Gasteiger partial charge on any atom is 0.243 e. The Morgan fingerprint density at radius 1 is 1.17 bits per heavy atom. The van der Waals surface area contributed by atoms with Crippen LogP contribution in [0.4, 0.5) is 5.95 Å². The van der Waals surface area contributed by atoms with Gasteiger partial charge in [0.25, 0.3) is 0 Å². The second-order valence-corrected chi connectivity index (χ2v) is 6.81. The summed E-state index contributed by atoms with van der Waals surface area (Å²) in [5.41, 5.74) is 5.35. The largest absolute Gasteiger partial charge is 0.368 e. The molecule has 2 fully saturated rings. The molecule has 2 aliphatic rings. The van der Waals surface area contributed by atoms with E-state index in [2.05, 4.69) is 14.7 Å². The van der Waals surface area contributed by atoms with E-state index >= 15 is 0 Å². The fraction of sp³-hybridized carbons (Fsp3) is 0.636. The Morgan fingerprint density at radius 2 is 1.67 bits per heavy atom. The van der Waals surface area contributed by atoms with Crippen molar-refractivity contribution < 1.29 is 8.42 Å². The minimum Gasteiger partial charge on any atom is -0.368 e. The number of hydrogen-bond acceptors (Lipinski definition) is 5. The molecule has 3 rings (SSSR count). The molecule has 0 radical (unpaired) electrons. The van der Waals surface area contributed by atoms with Crippen molar-refractivity contribution in [1.29, 1.82) is 0 Å². The van der Waals surface area contributed by atoms with Crippen LogP contribution in [0.15, 0.2) is 17.3 Å². The van der Waals surface area contributed by atoms with Crippen molar-refractivity contribution in [1.82, 2.24) is 14.7 Å². The highest BCUT2D eigenvalue weighted by molar-refractivity contribution is 7.89. The Morgan fingerprint density at radius 3 is 2.11 bits per heavy atom. The van der Waals surface area contributed by atoms with E-state index in [-0.39, 0.29) is 16.9 Å². The molecule has 0 aromatic carbocycles. The number of hydrogen-bond donors (Lipinski definition) is 2. The van der Waals surface area contributed by atoms with Gasteiger partial charge in [0.2, 0.25) is 16.0 Å². The fourth-order valence-electron chi connectivity index (χ4n) is 2.20. The molecule has 0 unspecified atom stereocenters. The van der Waals surface area contributed by atoms with Gasteiger partial charge in [-0.3, -0.25) is 0 Å². The Kier molecular flexibility index (Phi) is 2.74. The van der Waals surface area contributed by atoms with Gasteiger partial charge in [0, 0.05) is 6.04 Å². The minimum atomic E-state index is -3.52. The first-order valence-corrected chi connectivity index (χ1v) is 7.64. The highest BCUT2D eigenvalue weighted by Gasteiger charge is 2.43. The quantitative estimate of drug-likeness (QED) is 0.811. The zero-order valence-corrected chi connectivity index (χ0v) is 10.7. The maximum atomic E-state index is 12.2. The van der Waals surface area contributed by atoms with Crippen LogP contribution in [0.2, 0.25) is 0 Å². The Balaban J connectivity index is 1.78. The summed E-state index contributed by atoms with van der Waals surface area (Å²) >= 11 is 0. The van der Waals surface area contributed by atoms with E-state index in [1.165, 1.54) is 12.4 Å². The van der Waals surface area contributed by atoms with Crippen molar-refractivity contribution in [2.24, 2.45) is 11.8 Å². The number of nitrogens with zero attached hydrogens (tertiary/aromatic N) is 2. The molecule has 1 aromatic rings. The lowest BCUT2D eigenvalue weighted by Crippen LogP contribution is -2.38. The predicted molar refractivity (Wildman–Crippen MR) is 66.0 cm³/mol. The molecule has 0 atom stereocenters. The van der Waals surface area contributed by atoms with Gasteiger partial charge in [-0.15, -0.1) is 0 Å². The molecular weight excluding hydrogens is 252 g/mol. The van der Waals surface area contributed by atoms with E-state index in [4.69, 9.17) is 5.73 Å². The van der Waals surface area contributed by atoms with Crippen LogP contribution in [0.1, 0.15) is 25.7 Å². The zero-order valence-electron chi connectivity index (χ0n) is 9.91. The van der Waals surface area contributed by atoms with Crippen LogP contribution in [0.3, 0.4) is 0 Å². The third-order valence-electron chi connectivity index (χ3n) is 3.51. The van der Waals surface area contributed by atoms with Crippen LogP contribution < -0.4 is 10.5 Å². The van der Waals surface area contributed by atoms with Gasteiger partial charge in [-0.2, -0.15) is 0 Å². The Hall–Kier alpha value is -1.21. The van der Waals surface area contributed by atoms with Gasteiger partial charge in [-0.25, -0.2) is 23.1 Å². The van der Waals surface area contributed by atoms with Crippen molar-refractivity contribution in [2.45, 2.75) is 36.6 Å². The van der Waals surface area contributed by atoms with E-state index in [9.17, 15) is 8.42 Å². The van der Waals surface area contributed by atoms with Gasteiger partial charge in [-0.1, -0.05) is 0 Å². The van der Waals surface area contributed by atoms with Crippen LogP contribution in [0.5, 0.6) is 0 Å². The Labute approximate surface area is 106 Å². The van der Waals surface area contributed by atoms with Crippen molar-refractivity contribution in [3.8, 4) is 0 Å². The minimum absolute atomic E-state index is 0.0786. The summed E-state index contributed by atoms with van der Waals surface area (Å²) in [5, 5.41) is 0. The summed E-state index contributed by atoms with van der Waals surface area (Å²) in [4.78, 5) is 7.53. The second-order valence-electron chi connectivity index (χ2n) is 5.10. The first-order chi connectivity index (χ1) is 8.56. The molecule has 0 amide bonds. The Bertz CT molecular complexity index is 523. The molecule has 1 heterocycles. The lowest BCUT2D eigenvalue weighted by atomic mass is 10.1. The lowest BCUT2D eigenvalue weighted by molar-refractivity contribution is 0.471. The topological polar surface area (TPSA) is 98.0 Å². The molecule has 0 spiro atoms. The molecule has 98 valence electrons. The monoisotopic (exact) mass is 268 g/mol. The van der Waals surface area contributed by atoms with Gasteiger partial charge in [0.1, 0.15) is 4.90 Å². The van der Waals surface area contributed by atoms with E-state index in [0.717, 1.165) is 25.7 Å². The number of rotatable bonds is 5. The van der Waals surface area contributed by atoms with E-state index in [0.29, 0.717) is 11.8 Å². The first-order valence-electron chi connectivity index (χ1n) is 6.16. The number of nitrogens with one attached hydrogen (secondary N) is 1. The summed E-state index contributed by atoms with van der Waals surface area (Å²) in [6.45, 7) is 0. The number of nitrogen functional groups attached to an aromatic ring is 1. The molecule has 0 aliphatic heterocycles. The number of nitrogens with two attached hydrogens (primary N) is 1. The summed E-state index contributed by atoms with van der Waals surface area (Å²) in [7, 11) is -3.52. The van der Waals surface area contributed by atoms with Gasteiger partial charge >= 0.3 is 0 Å². The third-order valence-corrected chi connectivity index (χ3v) is 4.92. The lowest BCUT2D eigenvalue weighted by Gasteiger charge is -2.17. The average Bonchev–Trinajstić information content (AvgIpc) is 3.18. The molecule has 7 heteroatoms. The van der Waals surface area contributed by atoms with E-state index in [1.54, 1.807) is 0 Å². The van der Waals surface area contributed by atoms with Gasteiger partial charge in [0.05, 0.1) is 12.4 Å². The highest BCUT2D eigenvalue weighted by atomic mass is 32.2. The van der Waals surface area contributed by atoms with Gasteiger partial charge in [-0.05, 0) is 37.5 Å². The summed E-state index contributed by atoms with van der Waals surface area (Å²) in [6, 6.07) is 0.0903. The fourth-order valence-corrected chi connectivity index (χ4v) is 3.46. The molecule has 2 aliphatic carbocycles. The SMILES string of the molecule is Nc1ncc(S(=O)(=O)NC(C2CC2)C2CC2)cn1. The van der Waals surface area contributed by atoms with Gasteiger partial charge in [0.15, 0.2) is 0 Å². The average molecular weight is 268 g/mol. The van der Waals surface area contributed by atoms with Crippen molar-refractivity contribution in [3.05, 3.63) is 12.4 Å². The summed E-state index contributed by atoms with van der Waals surface area (Å²) in [6.07, 6.45) is 7.01. The van der Waals surface area contributed by atoms with Crippen molar-refractivity contribution >= 4 is 16.0 Å². The first kappa shape index (κ1) is 11.9. The van der Waals surface area contributed by atoms with Crippen LogP contribution in [0.25, 0.3) is 0 Å². The molecule has 18 heavy (non-hydrogen) atoms. The third kappa shape index (κ3) is 2.46. The number of sulfonamides is 1. The van der Waals surface area contributed by atoms with Crippen LogP contribution in [-0.2, 0) is 10.0 Å². The molecule has 3 N–H and O–H groups in total. The molecule has 0 bridgehead atoms. The standard InChI is InChI=1S/C11H16N4O2S/c12-11-13-5-9(6-14-11)18(16,17)15-10(7-1-2-7)8-3-4-8/h5-8,10,15H,1-4H2,(H2,12,13,14). The van der Waals surface area contributed by atoms with E-state index in [1.807, 2.05) is 0 Å². The number of aromatic nitrogens is 2. The summed E-state index contributed by atoms with van der Waals surface area (Å²) in [5.74, 6) is 1.11. The van der Waals surface area contributed by atoms with Crippen LogP contribution in [0, 0.1) is 11.8 Å². The molecular formula is C11H16N4O2S. The molecule has 0 saturated heterocycles. The predicted octanol–water partition coefficient (Wildman–Crippen LogP) is 0.526. The smallest absolute Gasteiger partial charge is 0.243 e. The van der Waals surface area contributed by atoms with Crippen molar-refractivity contribution in [3.63, 3.8) is 0 Å². The van der Waals surface area contributed by atoms with Crippen molar-refractivity contribution in [2.75, 3.05) is 5.73 Å². The molecule has 2 saturated carbocycles. The zero-order chi connectivity index (χ0) is 12.8. The van der Waals surface area contributed by atoms with Crippen LogP contribution >= 0.6 is 0 Å².